The Balaban J connectivity index is 3.85. The number of nitrogens with two attached hydrogens (primary N) is 2. The van der Waals surface area contributed by atoms with E-state index in [0.717, 1.165) is 0 Å². The maximum absolute atomic E-state index is 11.3. The number of hydrogen-bond donors (Lipinski definition) is 4. The molecular weight excluding hydrogens is 252 g/mol. The summed E-state index contributed by atoms with van der Waals surface area (Å²) in [5.41, 5.74) is 10.7. The van der Waals surface area contributed by atoms with Gasteiger partial charge in [0.2, 0.25) is 5.91 Å². The SMILES string of the molecule is CC(=O)CCC(=O)NC(N)=NCCC[C@@H](N)C(=O)O. The fraction of sp³-hybridized carbons (Fsp3) is 0.636. The fourth-order valence-electron chi connectivity index (χ4n) is 1.17. The van der Waals surface area contributed by atoms with Gasteiger partial charge in [-0.25, -0.2) is 0 Å². The van der Waals surface area contributed by atoms with Gasteiger partial charge in [0.25, 0.3) is 0 Å². The van der Waals surface area contributed by atoms with E-state index in [1.807, 2.05) is 0 Å². The Morgan fingerprint density at radius 3 is 2.47 bits per heavy atom. The lowest BCUT2D eigenvalue weighted by atomic mass is 10.2. The number of amides is 1. The van der Waals surface area contributed by atoms with Gasteiger partial charge in [0.05, 0.1) is 0 Å². The van der Waals surface area contributed by atoms with Crippen molar-refractivity contribution in [3.63, 3.8) is 0 Å². The molecule has 108 valence electrons. The molecule has 0 aromatic rings. The maximum Gasteiger partial charge on any atom is 0.320 e. The van der Waals surface area contributed by atoms with E-state index in [2.05, 4.69) is 10.3 Å². The molecule has 0 fully saturated rings. The highest BCUT2D eigenvalue weighted by molar-refractivity contribution is 5.97. The molecule has 0 saturated carbocycles. The van der Waals surface area contributed by atoms with Crippen LogP contribution in [0.2, 0.25) is 0 Å². The molecule has 0 bridgehead atoms. The second-order valence-electron chi connectivity index (χ2n) is 4.10. The quantitative estimate of drug-likeness (QED) is 0.252. The molecule has 0 unspecified atom stereocenters. The van der Waals surface area contributed by atoms with E-state index >= 15 is 0 Å². The van der Waals surface area contributed by atoms with Crippen molar-refractivity contribution in [1.29, 1.82) is 0 Å². The van der Waals surface area contributed by atoms with Crippen LogP contribution in [0.3, 0.4) is 0 Å². The Hall–Kier alpha value is -1.96. The van der Waals surface area contributed by atoms with Gasteiger partial charge in [0, 0.05) is 19.4 Å². The third-order valence-electron chi connectivity index (χ3n) is 2.24. The lowest BCUT2D eigenvalue weighted by Gasteiger charge is -2.05. The van der Waals surface area contributed by atoms with Crippen molar-refractivity contribution in [2.45, 2.75) is 38.6 Å². The van der Waals surface area contributed by atoms with Gasteiger partial charge in [-0.05, 0) is 19.8 Å². The topological polar surface area (TPSA) is 148 Å². The molecule has 0 heterocycles. The zero-order valence-corrected chi connectivity index (χ0v) is 10.9. The normalized spacial score (nSPS) is 12.8. The second kappa shape index (κ2) is 9.03. The number of aliphatic carboxylic acids is 1. The highest BCUT2D eigenvalue weighted by atomic mass is 16.4. The van der Waals surface area contributed by atoms with Crippen LogP contribution in [0.15, 0.2) is 4.99 Å². The summed E-state index contributed by atoms with van der Waals surface area (Å²) in [7, 11) is 0. The van der Waals surface area contributed by atoms with Crippen LogP contribution >= 0.6 is 0 Å². The van der Waals surface area contributed by atoms with Gasteiger partial charge in [-0.15, -0.1) is 0 Å². The Bertz CT molecular complexity index is 368. The van der Waals surface area contributed by atoms with E-state index < -0.39 is 12.0 Å². The molecular formula is C11H20N4O4. The maximum atomic E-state index is 11.3. The molecule has 0 aliphatic heterocycles. The first-order chi connectivity index (χ1) is 8.82. The molecule has 8 nitrogen and oxygen atoms in total. The van der Waals surface area contributed by atoms with Crippen molar-refractivity contribution in [2.24, 2.45) is 16.5 Å². The molecule has 0 rings (SSSR count). The molecule has 0 radical (unpaired) electrons. The smallest absolute Gasteiger partial charge is 0.320 e. The van der Waals surface area contributed by atoms with Gasteiger partial charge in [-0.2, -0.15) is 0 Å². The van der Waals surface area contributed by atoms with Crippen molar-refractivity contribution >= 4 is 23.6 Å². The zero-order chi connectivity index (χ0) is 14.8. The first-order valence-corrected chi connectivity index (χ1v) is 5.90. The highest BCUT2D eigenvalue weighted by Crippen LogP contribution is 1.95. The van der Waals surface area contributed by atoms with Crippen LogP contribution in [0.5, 0.6) is 0 Å². The second-order valence-corrected chi connectivity index (χ2v) is 4.10. The number of nitrogens with zero attached hydrogens (tertiary/aromatic N) is 1. The molecule has 6 N–H and O–H groups in total. The largest absolute Gasteiger partial charge is 0.480 e. The average molecular weight is 272 g/mol. The first kappa shape index (κ1) is 17.0. The predicted molar refractivity (Wildman–Crippen MR) is 69.4 cm³/mol. The monoisotopic (exact) mass is 272 g/mol. The van der Waals surface area contributed by atoms with E-state index in [1.165, 1.54) is 6.92 Å². The summed E-state index contributed by atoms with van der Waals surface area (Å²) in [6.45, 7) is 1.68. The van der Waals surface area contributed by atoms with E-state index in [-0.39, 0.29) is 43.5 Å². The number of hydrogen-bond acceptors (Lipinski definition) is 5. The summed E-state index contributed by atoms with van der Waals surface area (Å²) in [6, 6.07) is -0.915. The van der Waals surface area contributed by atoms with E-state index in [4.69, 9.17) is 16.6 Å². The standard InChI is InChI=1S/C11H20N4O4/c1-7(16)4-5-9(17)15-11(13)14-6-2-3-8(12)10(18)19/h8H,2-6,12H2,1H3,(H,18,19)(H3,13,14,15,17)/t8-/m1/s1. The van der Waals surface area contributed by atoms with Crippen LogP contribution < -0.4 is 16.8 Å². The van der Waals surface area contributed by atoms with Gasteiger partial charge >= 0.3 is 5.97 Å². The molecule has 1 atom stereocenters. The van der Waals surface area contributed by atoms with Crippen molar-refractivity contribution in [3.8, 4) is 0 Å². The minimum absolute atomic E-state index is 0.0440. The highest BCUT2D eigenvalue weighted by Gasteiger charge is 2.10. The van der Waals surface area contributed by atoms with Gasteiger partial charge in [0.1, 0.15) is 11.8 Å². The number of ketones is 1. The molecule has 0 aromatic carbocycles. The number of aliphatic imine (C=N–C) groups is 1. The summed E-state index contributed by atoms with van der Waals surface area (Å²) in [4.78, 5) is 36.2. The number of carbonyl (C=O) groups excluding carboxylic acids is 2. The van der Waals surface area contributed by atoms with Crippen molar-refractivity contribution in [3.05, 3.63) is 0 Å². The van der Waals surface area contributed by atoms with Crippen LogP contribution in [-0.2, 0) is 14.4 Å². The predicted octanol–water partition coefficient (Wildman–Crippen LogP) is -1.02. The first-order valence-electron chi connectivity index (χ1n) is 5.90. The van der Waals surface area contributed by atoms with Crippen molar-refractivity contribution in [1.82, 2.24) is 5.32 Å². The summed E-state index contributed by atoms with van der Waals surface area (Å²) >= 11 is 0. The van der Waals surface area contributed by atoms with Crippen LogP contribution in [0.1, 0.15) is 32.6 Å². The van der Waals surface area contributed by atoms with Gasteiger partial charge in [0.15, 0.2) is 5.96 Å². The van der Waals surface area contributed by atoms with Gasteiger partial charge < -0.3 is 21.4 Å². The molecule has 1 amide bonds. The molecule has 0 aliphatic carbocycles. The molecule has 0 aliphatic rings. The summed E-state index contributed by atoms with van der Waals surface area (Å²) in [5, 5.41) is 10.9. The number of nitrogens with one attached hydrogen (secondary N) is 1. The Labute approximate surface area is 111 Å². The third kappa shape index (κ3) is 9.72. The molecule has 0 saturated heterocycles. The number of carboxylic acids is 1. The summed E-state index contributed by atoms with van der Waals surface area (Å²) < 4.78 is 0. The summed E-state index contributed by atoms with van der Waals surface area (Å²) in [6.07, 6.45) is 0.962. The number of Topliss-reactive ketones (excluding diaryl/α,β-unsaturated/α-hetero) is 1. The van der Waals surface area contributed by atoms with E-state index in [9.17, 15) is 14.4 Å². The number of carboxylic acid groups (broad SMARTS) is 1. The molecule has 0 aromatic heterocycles. The molecule has 0 spiro atoms. The van der Waals surface area contributed by atoms with Crippen LogP contribution in [0.4, 0.5) is 0 Å². The Kier molecular flexibility index (Phi) is 8.10. The van der Waals surface area contributed by atoms with Crippen LogP contribution in [0, 0.1) is 0 Å². The fourth-order valence-corrected chi connectivity index (χ4v) is 1.17. The minimum Gasteiger partial charge on any atom is -0.480 e. The third-order valence-corrected chi connectivity index (χ3v) is 2.24. The van der Waals surface area contributed by atoms with Gasteiger partial charge in [-0.1, -0.05) is 0 Å². The molecule has 8 heteroatoms. The lowest BCUT2D eigenvalue weighted by molar-refractivity contribution is -0.138. The Morgan fingerprint density at radius 1 is 1.32 bits per heavy atom. The van der Waals surface area contributed by atoms with E-state index in [1.54, 1.807) is 0 Å². The molecule has 19 heavy (non-hydrogen) atoms. The lowest BCUT2D eigenvalue weighted by Crippen LogP contribution is -2.37. The number of rotatable bonds is 8. The summed E-state index contributed by atoms with van der Waals surface area (Å²) in [5.74, 6) is -1.56. The van der Waals surface area contributed by atoms with Crippen LogP contribution in [0.25, 0.3) is 0 Å². The van der Waals surface area contributed by atoms with Crippen molar-refractivity contribution < 1.29 is 19.5 Å². The van der Waals surface area contributed by atoms with E-state index in [0.29, 0.717) is 6.42 Å². The average Bonchev–Trinajstić information content (AvgIpc) is 2.31. The van der Waals surface area contributed by atoms with Crippen molar-refractivity contribution in [2.75, 3.05) is 6.54 Å². The number of guanidine groups is 1. The zero-order valence-electron chi connectivity index (χ0n) is 10.9. The van der Waals surface area contributed by atoms with Crippen LogP contribution in [-0.4, -0.2) is 41.3 Å². The Morgan fingerprint density at radius 2 is 1.95 bits per heavy atom. The number of carbonyl (C=O) groups is 3. The van der Waals surface area contributed by atoms with Gasteiger partial charge in [-0.3, -0.25) is 19.9 Å². The minimum atomic E-state index is -1.06.